The molecule has 0 unspecified atom stereocenters. The standard InChI is InChI=1S/C23H22N4O4S2/c1-14-3-8-19-25-20(24-9-10-28)17(21(29)26(19)12-14)11-18-22(30)27(23(32)33-18)13-15-4-6-16(31-2)7-5-15/h3-8,11-12,24,28H,9-10,13H2,1-2H3/b18-11-. The number of nitrogens with zero attached hydrogens (tertiary/aromatic N) is 3. The van der Waals surface area contributed by atoms with Crippen LogP contribution in [0, 0.1) is 6.92 Å². The molecule has 0 aliphatic carbocycles. The van der Waals surface area contributed by atoms with Crippen LogP contribution in [0.1, 0.15) is 16.7 Å². The van der Waals surface area contributed by atoms with Crippen LogP contribution in [0.5, 0.6) is 5.75 Å². The van der Waals surface area contributed by atoms with Crippen LogP contribution in [0.25, 0.3) is 11.7 Å². The predicted octanol–water partition coefficient (Wildman–Crippen LogP) is 2.82. The average Bonchev–Trinajstić information content (AvgIpc) is 3.08. The number of aromatic nitrogens is 2. The van der Waals surface area contributed by atoms with E-state index in [1.54, 1.807) is 19.4 Å². The normalized spacial score (nSPS) is 15.0. The number of fused-ring (bicyclic) bond motifs is 1. The van der Waals surface area contributed by atoms with Crippen LogP contribution in [-0.4, -0.2) is 49.9 Å². The number of benzene rings is 1. The van der Waals surface area contributed by atoms with Gasteiger partial charge in [-0.3, -0.25) is 18.9 Å². The van der Waals surface area contributed by atoms with Gasteiger partial charge in [-0.15, -0.1) is 0 Å². The molecule has 1 amide bonds. The van der Waals surface area contributed by atoms with Gasteiger partial charge in [0.25, 0.3) is 11.5 Å². The molecule has 2 N–H and O–H groups in total. The van der Waals surface area contributed by atoms with Gasteiger partial charge in [0.15, 0.2) is 0 Å². The lowest BCUT2D eigenvalue weighted by atomic mass is 10.2. The van der Waals surface area contributed by atoms with Crippen LogP contribution in [-0.2, 0) is 11.3 Å². The number of carbonyl (C=O) groups excluding carboxylic acids is 1. The second-order valence-electron chi connectivity index (χ2n) is 7.38. The minimum Gasteiger partial charge on any atom is -0.497 e. The van der Waals surface area contributed by atoms with Gasteiger partial charge in [0.05, 0.1) is 30.7 Å². The van der Waals surface area contributed by atoms with E-state index in [2.05, 4.69) is 10.3 Å². The van der Waals surface area contributed by atoms with Crippen molar-refractivity contribution in [3.63, 3.8) is 0 Å². The summed E-state index contributed by atoms with van der Waals surface area (Å²) in [6.07, 6.45) is 3.23. The summed E-state index contributed by atoms with van der Waals surface area (Å²) < 4.78 is 7.04. The Balaban J connectivity index is 1.70. The summed E-state index contributed by atoms with van der Waals surface area (Å²) in [4.78, 5) is 32.8. The zero-order valence-corrected chi connectivity index (χ0v) is 19.7. The van der Waals surface area contributed by atoms with Crippen molar-refractivity contribution in [3.05, 3.63) is 74.5 Å². The first-order chi connectivity index (χ1) is 15.9. The summed E-state index contributed by atoms with van der Waals surface area (Å²) in [5.74, 6) is 0.757. The van der Waals surface area contributed by atoms with E-state index in [1.807, 2.05) is 37.3 Å². The second kappa shape index (κ2) is 9.74. The van der Waals surface area contributed by atoms with Gasteiger partial charge in [-0.05, 0) is 42.3 Å². The number of anilines is 1. The number of pyridine rings is 1. The molecule has 4 rings (SSSR count). The van der Waals surface area contributed by atoms with E-state index in [4.69, 9.17) is 17.0 Å². The molecular formula is C23H22N4O4S2. The molecule has 0 radical (unpaired) electrons. The van der Waals surface area contributed by atoms with Gasteiger partial charge in [-0.25, -0.2) is 4.98 Å². The summed E-state index contributed by atoms with van der Waals surface area (Å²) >= 11 is 6.59. The van der Waals surface area contributed by atoms with Gasteiger partial charge in [0, 0.05) is 12.7 Å². The lowest BCUT2D eigenvalue weighted by Crippen LogP contribution is -2.27. The Morgan fingerprint density at radius 2 is 1.97 bits per heavy atom. The Kier molecular flexibility index (Phi) is 6.77. The fourth-order valence-electron chi connectivity index (χ4n) is 3.38. The highest BCUT2D eigenvalue weighted by Gasteiger charge is 2.32. The maximum atomic E-state index is 13.3. The highest BCUT2D eigenvalue weighted by atomic mass is 32.2. The molecule has 1 aliphatic heterocycles. The number of hydrogen-bond donors (Lipinski definition) is 2. The summed E-state index contributed by atoms with van der Waals surface area (Å²) in [5.41, 5.74) is 2.19. The van der Waals surface area contributed by atoms with Gasteiger partial charge in [0.1, 0.15) is 21.5 Å². The molecule has 1 aliphatic rings. The van der Waals surface area contributed by atoms with Crippen molar-refractivity contribution in [2.45, 2.75) is 13.5 Å². The van der Waals surface area contributed by atoms with Gasteiger partial charge in [-0.2, -0.15) is 0 Å². The monoisotopic (exact) mass is 482 g/mol. The van der Waals surface area contributed by atoms with Crippen molar-refractivity contribution in [1.29, 1.82) is 0 Å². The first kappa shape index (κ1) is 23.0. The molecule has 3 heterocycles. The van der Waals surface area contributed by atoms with E-state index in [9.17, 15) is 14.7 Å². The lowest BCUT2D eigenvalue weighted by molar-refractivity contribution is -0.122. The zero-order valence-electron chi connectivity index (χ0n) is 18.1. The van der Waals surface area contributed by atoms with Crippen LogP contribution < -0.4 is 15.6 Å². The third kappa shape index (κ3) is 4.77. The summed E-state index contributed by atoms with van der Waals surface area (Å²) in [6, 6.07) is 11.0. The Morgan fingerprint density at radius 1 is 1.21 bits per heavy atom. The van der Waals surface area contributed by atoms with Gasteiger partial charge < -0.3 is 15.2 Å². The Morgan fingerprint density at radius 3 is 2.67 bits per heavy atom. The minimum absolute atomic E-state index is 0.127. The molecule has 0 spiro atoms. The van der Waals surface area contributed by atoms with Crippen LogP contribution in [0.15, 0.2) is 52.3 Å². The van der Waals surface area contributed by atoms with Crippen LogP contribution in [0.3, 0.4) is 0 Å². The van der Waals surface area contributed by atoms with E-state index in [0.29, 0.717) is 27.2 Å². The molecule has 2 aromatic heterocycles. The molecule has 1 aromatic carbocycles. The number of nitrogens with one attached hydrogen (secondary N) is 1. The highest BCUT2D eigenvalue weighted by molar-refractivity contribution is 8.26. The van der Waals surface area contributed by atoms with Gasteiger partial charge in [-0.1, -0.05) is 42.2 Å². The number of rotatable bonds is 7. The molecule has 10 heteroatoms. The molecule has 1 fully saturated rings. The van der Waals surface area contributed by atoms with Crippen LogP contribution >= 0.6 is 24.0 Å². The highest BCUT2D eigenvalue weighted by Crippen LogP contribution is 2.34. The third-order valence-electron chi connectivity index (χ3n) is 5.06. The van der Waals surface area contributed by atoms with Crippen molar-refractivity contribution in [3.8, 4) is 5.75 Å². The molecule has 1 saturated heterocycles. The number of hydrogen-bond acceptors (Lipinski definition) is 8. The predicted molar refractivity (Wildman–Crippen MR) is 133 cm³/mol. The van der Waals surface area contributed by atoms with E-state index in [-0.39, 0.29) is 30.2 Å². The number of methoxy groups -OCH3 is 1. The first-order valence-electron chi connectivity index (χ1n) is 10.2. The number of aryl methyl sites for hydroxylation is 1. The third-order valence-corrected chi connectivity index (χ3v) is 6.44. The number of thiocarbonyl (C=S) groups is 1. The molecule has 170 valence electrons. The molecule has 3 aromatic rings. The Bertz CT molecular complexity index is 1320. The van der Waals surface area contributed by atoms with E-state index in [0.717, 1.165) is 28.6 Å². The molecule has 33 heavy (non-hydrogen) atoms. The number of aliphatic hydroxyl groups excluding tert-OH is 1. The number of ether oxygens (including phenoxy) is 1. The summed E-state index contributed by atoms with van der Waals surface area (Å²) in [7, 11) is 1.59. The maximum Gasteiger partial charge on any atom is 0.267 e. The molecule has 0 atom stereocenters. The smallest absolute Gasteiger partial charge is 0.267 e. The van der Waals surface area contributed by atoms with E-state index in [1.165, 1.54) is 15.4 Å². The van der Waals surface area contributed by atoms with E-state index < -0.39 is 0 Å². The minimum atomic E-state index is -0.315. The van der Waals surface area contributed by atoms with Gasteiger partial charge in [0.2, 0.25) is 0 Å². The Labute approximate surface area is 199 Å². The second-order valence-corrected chi connectivity index (χ2v) is 9.06. The maximum absolute atomic E-state index is 13.3. The van der Waals surface area contributed by atoms with E-state index >= 15 is 0 Å². The fraction of sp³-hybridized carbons (Fsp3) is 0.217. The van der Waals surface area contributed by atoms with Crippen molar-refractivity contribution >= 4 is 51.7 Å². The number of amides is 1. The molecular weight excluding hydrogens is 460 g/mol. The summed E-state index contributed by atoms with van der Waals surface area (Å²) in [6.45, 7) is 2.29. The quantitative estimate of drug-likeness (QED) is 0.392. The van der Waals surface area contributed by atoms with Crippen molar-refractivity contribution < 1.29 is 14.6 Å². The molecule has 8 nitrogen and oxygen atoms in total. The van der Waals surface area contributed by atoms with Crippen molar-refractivity contribution in [2.24, 2.45) is 0 Å². The summed E-state index contributed by atoms with van der Waals surface area (Å²) in [5, 5.41) is 12.2. The SMILES string of the molecule is COc1ccc(CN2C(=O)/C(=C/c3c(NCCO)nc4ccc(C)cn4c3=O)SC2=S)cc1. The Hall–Kier alpha value is -3.21. The number of carbonyl (C=O) groups is 1. The fourth-order valence-corrected chi connectivity index (χ4v) is 4.62. The number of aliphatic hydroxyl groups is 1. The topological polar surface area (TPSA) is 96.2 Å². The molecule has 0 bridgehead atoms. The average molecular weight is 483 g/mol. The van der Waals surface area contributed by atoms with Crippen molar-refractivity contribution in [2.75, 3.05) is 25.6 Å². The largest absolute Gasteiger partial charge is 0.497 e. The lowest BCUT2D eigenvalue weighted by Gasteiger charge is -2.14. The first-order valence-corrected chi connectivity index (χ1v) is 11.4. The van der Waals surface area contributed by atoms with Gasteiger partial charge >= 0.3 is 0 Å². The number of thioether (sulfide) groups is 1. The van der Waals surface area contributed by atoms with Crippen LogP contribution in [0.2, 0.25) is 0 Å². The zero-order chi connectivity index (χ0) is 23.5. The molecule has 0 saturated carbocycles. The van der Waals surface area contributed by atoms with Crippen molar-refractivity contribution in [1.82, 2.24) is 14.3 Å². The van der Waals surface area contributed by atoms with Crippen LogP contribution in [0.4, 0.5) is 5.82 Å².